The molecule has 160 valence electrons. The summed E-state index contributed by atoms with van der Waals surface area (Å²) < 4.78 is 30.3. The van der Waals surface area contributed by atoms with E-state index in [9.17, 15) is 13.6 Å². The highest BCUT2D eigenvalue weighted by atomic mass is 19.3. The Hall–Kier alpha value is -3.04. The molecular formula is C20H25F2N7O. The minimum Gasteiger partial charge on any atom is -0.363 e. The monoisotopic (exact) mass is 417 g/mol. The Kier molecular flexibility index (Phi) is 5.40. The van der Waals surface area contributed by atoms with Crippen LogP contribution in [0.3, 0.4) is 0 Å². The van der Waals surface area contributed by atoms with E-state index in [1.165, 1.54) is 16.9 Å². The summed E-state index contributed by atoms with van der Waals surface area (Å²) in [7, 11) is 3.71. The third-order valence-electron chi connectivity index (χ3n) is 5.66. The van der Waals surface area contributed by atoms with Gasteiger partial charge in [-0.25, -0.2) is 13.8 Å². The van der Waals surface area contributed by atoms with Gasteiger partial charge in [0.1, 0.15) is 11.4 Å². The number of nitrogens with zero attached hydrogens (tertiary/aromatic N) is 6. The van der Waals surface area contributed by atoms with Crippen LogP contribution >= 0.6 is 0 Å². The number of carbonyl (C=O) groups excluding carboxylic acids is 1. The van der Waals surface area contributed by atoms with Gasteiger partial charge in [0.15, 0.2) is 11.3 Å². The lowest BCUT2D eigenvalue weighted by Crippen LogP contribution is -2.17. The number of carbonyl (C=O) groups is 1. The molecule has 0 radical (unpaired) electrons. The molecule has 0 unspecified atom stereocenters. The number of hydrogen-bond acceptors (Lipinski definition) is 5. The number of hydrogen-bond donors (Lipinski definition) is 1. The van der Waals surface area contributed by atoms with Gasteiger partial charge in [-0.1, -0.05) is 6.92 Å². The summed E-state index contributed by atoms with van der Waals surface area (Å²) in [5.74, 6) is 0.833. The van der Waals surface area contributed by atoms with Crippen LogP contribution in [0, 0.1) is 5.92 Å². The van der Waals surface area contributed by atoms with Crippen molar-refractivity contribution in [2.24, 2.45) is 5.92 Å². The molecule has 1 aliphatic rings. The van der Waals surface area contributed by atoms with E-state index in [2.05, 4.69) is 27.4 Å². The second-order valence-corrected chi connectivity index (χ2v) is 8.07. The molecule has 30 heavy (non-hydrogen) atoms. The Bertz CT molecular complexity index is 1050. The zero-order chi connectivity index (χ0) is 21.4. The van der Waals surface area contributed by atoms with Crippen LogP contribution in [-0.2, 0) is 0 Å². The van der Waals surface area contributed by atoms with Gasteiger partial charge < -0.3 is 10.2 Å². The molecule has 1 saturated carbocycles. The van der Waals surface area contributed by atoms with E-state index in [4.69, 9.17) is 0 Å². The van der Waals surface area contributed by atoms with E-state index in [1.807, 2.05) is 19.0 Å². The van der Waals surface area contributed by atoms with E-state index in [1.54, 1.807) is 16.9 Å². The maximum Gasteiger partial charge on any atom is 0.284 e. The van der Waals surface area contributed by atoms with Crippen LogP contribution in [-0.4, -0.2) is 44.4 Å². The van der Waals surface area contributed by atoms with Gasteiger partial charge in [0, 0.05) is 26.5 Å². The van der Waals surface area contributed by atoms with Gasteiger partial charge in [0.2, 0.25) is 0 Å². The van der Waals surface area contributed by atoms with Gasteiger partial charge in [-0.2, -0.15) is 14.7 Å². The van der Waals surface area contributed by atoms with Crippen molar-refractivity contribution in [1.82, 2.24) is 24.4 Å². The summed E-state index contributed by atoms with van der Waals surface area (Å²) in [6, 6.07) is 1.84. The van der Waals surface area contributed by atoms with Crippen LogP contribution in [0.2, 0.25) is 0 Å². The number of alkyl halides is 2. The third-order valence-corrected chi connectivity index (χ3v) is 5.66. The second-order valence-electron chi connectivity index (χ2n) is 8.07. The molecule has 0 spiro atoms. The molecule has 0 atom stereocenters. The summed E-state index contributed by atoms with van der Waals surface area (Å²) in [6.45, 7) is 2.20. The van der Waals surface area contributed by atoms with Crippen LogP contribution in [0.4, 0.5) is 20.3 Å². The molecule has 1 aliphatic carbocycles. The van der Waals surface area contributed by atoms with Crippen molar-refractivity contribution < 1.29 is 13.6 Å². The summed E-state index contributed by atoms with van der Waals surface area (Å²) in [5, 5.41) is 10.9. The van der Waals surface area contributed by atoms with Gasteiger partial charge in [0.25, 0.3) is 12.3 Å². The Labute approximate surface area is 172 Å². The molecule has 1 fully saturated rings. The van der Waals surface area contributed by atoms with E-state index < -0.39 is 18.0 Å². The fraction of sp³-hybridized carbons (Fsp3) is 0.500. The van der Waals surface area contributed by atoms with E-state index >= 15 is 0 Å². The van der Waals surface area contributed by atoms with Crippen molar-refractivity contribution >= 4 is 23.1 Å². The van der Waals surface area contributed by atoms with Gasteiger partial charge in [-0.3, -0.25) is 9.48 Å². The highest BCUT2D eigenvalue weighted by Crippen LogP contribution is 2.34. The molecule has 1 N–H and O–H groups in total. The molecule has 3 aromatic rings. The quantitative estimate of drug-likeness (QED) is 0.680. The minimum atomic E-state index is -2.79. The topological polar surface area (TPSA) is 80.3 Å². The van der Waals surface area contributed by atoms with E-state index in [0.717, 1.165) is 31.5 Å². The lowest BCUT2D eigenvalue weighted by molar-refractivity contribution is 0.102. The van der Waals surface area contributed by atoms with Crippen LogP contribution in [0.5, 0.6) is 0 Å². The third kappa shape index (κ3) is 3.73. The zero-order valence-electron chi connectivity index (χ0n) is 17.2. The maximum absolute atomic E-state index is 13.6. The SMILES string of the molecule is CN(C)c1ccnc2c(C(=O)Nc3cn([C@H]4CC[C@H](C)CC4)nc3C(F)F)cnn12. The van der Waals surface area contributed by atoms with Crippen LogP contribution in [0.15, 0.2) is 24.7 Å². The smallest absolute Gasteiger partial charge is 0.284 e. The lowest BCUT2D eigenvalue weighted by atomic mass is 9.87. The van der Waals surface area contributed by atoms with Crippen LogP contribution in [0.1, 0.15) is 61.1 Å². The number of anilines is 2. The number of halogens is 2. The van der Waals surface area contributed by atoms with Crippen molar-refractivity contribution in [3.8, 4) is 0 Å². The predicted octanol–water partition coefficient (Wildman–Crippen LogP) is 3.93. The van der Waals surface area contributed by atoms with Crippen molar-refractivity contribution in [3.05, 3.63) is 35.9 Å². The van der Waals surface area contributed by atoms with Crippen LogP contribution < -0.4 is 10.2 Å². The van der Waals surface area contributed by atoms with Crippen molar-refractivity contribution in [3.63, 3.8) is 0 Å². The van der Waals surface area contributed by atoms with Gasteiger partial charge in [-0.15, -0.1) is 0 Å². The molecule has 8 nitrogen and oxygen atoms in total. The molecule has 10 heteroatoms. The second kappa shape index (κ2) is 8.00. The molecule has 0 saturated heterocycles. The first-order valence-corrected chi connectivity index (χ1v) is 10.0. The van der Waals surface area contributed by atoms with Gasteiger partial charge in [0.05, 0.1) is 17.9 Å². The summed E-state index contributed by atoms with van der Waals surface area (Å²) in [5.41, 5.74) is 0.168. The Morgan fingerprint density at radius 2 is 2.00 bits per heavy atom. The maximum atomic E-state index is 13.6. The van der Waals surface area contributed by atoms with Crippen molar-refractivity contribution in [1.29, 1.82) is 0 Å². The van der Waals surface area contributed by atoms with E-state index in [-0.39, 0.29) is 17.3 Å². The van der Waals surface area contributed by atoms with E-state index in [0.29, 0.717) is 11.6 Å². The highest BCUT2D eigenvalue weighted by Gasteiger charge is 2.26. The number of nitrogens with one attached hydrogen (secondary N) is 1. The number of fused-ring (bicyclic) bond motifs is 1. The first-order valence-electron chi connectivity index (χ1n) is 10.0. The summed E-state index contributed by atoms with van der Waals surface area (Å²) in [4.78, 5) is 18.9. The molecular weight excluding hydrogens is 392 g/mol. The first kappa shape index (κ1) is 20.2. The summed E-state index contributed by atoms with van der Waals surface area (Å²) in [6.07, 6.45) is 5.57. The Morgan fingerprint density at radius 1 is 1.27 bits per heavy atom. The predicted molar refractivity (Wildman–Crippen MR) is 109 cm³/mol. The van der Waals surface area contributed by atoms with Crippen molar-refractivity contribution in [2.45, 2.75) is 45.1 Å². The van der Waals surface area contributed by atoms with Gasteiger partial charge >= 0.3 is 0 Å². The lowest BCUT2D eigenvalue weighted by Gasteiger charge is -2.26. The Balaban J connectivity index is 1.62. The standard InChI is InChI=1S/C20H25F2N7O/c1-12-4-6-13(7-5-12)28-11-15(17(26-28)18(21)22)25-20(30)14-10-24-29-16(27(2)3)8-9-23-19(14)29/h8-13,18H,4-7H2,1-3H3,(H,25,30)/t12-,13-. The average Bonchev–Trinajstić information content (AvgIpc) is 3.32. The molecule has 0 aromatic carbocycles. The van der Waals surface area contributed by atoms with Gasteiger partial charge in [-0.05, 0) is 37.7 Å². The summed E-state index contributed by atoms with van der Waals surface area (Å²) >= 11 is 0. The van der Waals surface area contributed by atoms with Crippen LogP contribution in [0.25, 0.3) is 5.65 Å². The number of aromatic nitrogens is 5. The number of amides is 1. The van der Waals surface area contributed by atoms with Crippen molar-refractivity contribution in [2.75, 3.05) is 24.3 Å². The molecule has 3 heterocycles. The highest BCUT2D eigenvalue weighted by molar-refractivity contribution is 6.08. The Morgan fingerprint density at radius 3 is 2.67 bits per heavy atom. The molecule has 1 amide bonds. The average molecular weight is 417 g/mol. The first-order chi connectivity index (χ1) is 14.3. The fourth-order valence-electron chi connectivity index (χ4n) is 3.92. The molecule has 0 bridgehead atoms. The zero-order valence-corrected chi connectivity index (χ0v) is 17.2. The fourth-order valence-corrected chi connectivity index (χ4v) is 3.92. The minimum absolute atomic E-state index is 0.0248. The molecule has 4 rings (SSSR count). The normalized spacial score (nSPS) is 19.4. The number of rotatable bonds is 5. The molecule has 3 aromatic heterocycles. The largest absolute Gasteiger partial charge is 0.363 e. The molecule has 0 aliphatic heterocycles.